The molecule has 0 heterocycles. The van der Waals surface area contributed by atoms with E-state index in [2.05, 4.69) is 33.9 Å². The monoisotopic (exact) mass is 720 g/mol. The van der Waals surface area contributed by atoms with Gasteiger partial charge in [0.1, 0.15) is 16.6 Å². The molecule has 0 aromatic heterocycles. The predicted molar refractivity (Wildman–Crippen MR) is 185 cm³/mol. The van der Waals surface area contributed by atoms with Crippen LogP contribution in [-0.4, -0.2) is 66.8 Å². The molecular formula is C38H53NaO10Si. The second-order valence-corrected chi connectivity index (χ2v) is 21.7. The summed E-state index contributed by atoms with van der Waals surface area (Å²) in [6, 6.07) is 18.0. The van der Waals surface area contributed by atoms with Crippen LogP contribution in [-0.2, 0) is 43.9 Å². The predicted octanol–water partition coefficient (Wildman–Crippen LogP) is 2.17. The quantitative estimate of drug-likeness (QED) is 0.212. The van der Waals surface area contributed by atoms with Crippen LogP contribution in [0.2, 0.25) is 18.1 Å². The van der Waals surface area contributed by atoms with Crippen LogP contribution in [0.4, 0.5) is 0 Å². The fourth-order valence-electron chi connectivity index (χ4n) is 6.07. The second kappa shape index (κ2) is 14.8. The third-order valence-electron chi connectivity index (χ3n) is 10.1. The zero-order valence-electron chi connectivity index (χ0n) is 31.8. The van der Waals surface area contributed by atoms with Gasteiger partial charge in [-0.3, -0.25) is 14.4 Å². The number of hydrogen-bond donors (Lipinski definition) is 2. The number of carboxylic acid groups (broad SMARTS) is 2. The molecule has 0 spiro atoms. The molecule has 0 amide bonds. The number of benzene rings is 2. The minimum atomic E-state index is -2.13. The second-order valence-electron chi connectivity index (χ2n) is 16.9. The number of carbonyl (C=O) groups excluding carboxylic acids is 3. The van der Waals surface area contributed by atoms with E-state index in [1.807, 2.05) is 30.3 Å². The minimum Gasteiger partial charge on any atom is -0.549 e. The van der Waals surface area contributed by atoms with Gasteiger partial charge in [0.15, 0.2) is 13.7 Å². The molecule has 12 heteroatoms. The number of aliphatic carboxylic acids is 2. The Morgan fingerprint density at radius 1 is 0.720 bits per heavy atom. The van der Waals surface area contributed by atoms with Crippen LogP contribution in [0.15, 0.2) is 60.7 Å². The summed E-state index contributed by atoms with van der Waals surface area (Å²) in [5.41, 5.74) is -5.69. The molecule has 4 unspecified atom stereocenters. The van der Waals surface area contributed by atoms with Crippen molar-refractivity contribution in [3.63, 3.8) is 0 Å². The molecule has 2 N–H and O–H groups in total. The summed E-state index contributed by atoms with van der Waals surface area (Å²) in [7, 11) is -2.13. The Labute approximate surface area is 319 Å². The largest absolute Gasteiger partial charge is 1.00 e. The first-order valence-corrected chi connectivity index (χ1v) is 19.5. The van der Waals surface area contributed by atoms with Gasteiger partial charge in [-0.2, -0.15) is 0 Å². The molecule has 0 radical (unpaired) electrons. The van der Waals surface area contributed by atoms with Gasteiger partial charge in [-0.1, -0.05) is 81.4 Å². The van der Waals surface area contributed by atoms with Gasteiger partial charge in [-0.25, -0.2) is 0 Å². The van der Waals surface area contributed by atoms with E-state index >= 15 is 0 Å². The van der Waals surface area contributed by atoms with Crippen LogP contribution >= 0.6 is 0 Å². The first-order valence-electron chi connectivity index (χ1n) is 16.6. The van der Waals surface area contributed by atoms with Crippen molar-refractivity contribution < 1.29 is 78.0 Å². The average Bonchev–Trinajstić information content (AvgIpc) is 3.87. The maximum Gasteiger partial charge on any atom is 1.00 e. The van der Waals surface area contributed by atoms with Crippen LogP contribution in [0.1, 0.15) is 86.3 Å². The molecule has 2 aromatic carbocycles. The van der Waals surface area contributed by atoms with Crippen LogP contribution in [0, 0.1) is 10.8 Å². The summed E-state index contributed by atoms with van der Waals surface area (Å²) in [6.07, 6.45) is 0.167. The summed E-state index contributed by atoms with van der Waals surface area (Å²) >= 11 is 0. The first kappa shape index (κ1) is 43.6. The third-order valence-corrected chi connectivity index (χ3v) is 14.6. The Morgan fingerprint density at radius 3 is 1.44 bits per heavy atom. The topological polar surface area (TPSA) is 159 Å². The number of carbonyl (C=O) groups is 4. The Kier molecular flexibility index (Phi) is 12.9. The first-order chi connectivity index (χ1) is 22.3. The van der Waals surface area contributed by atoms with Gasteiger partial charge < -0.3 is 34.0 Å². The van der Waals surface area contributed by atoms with Crippen molar-refractivity contribution in [1.82, 2.24) is 0 Å². The van der Waals surface area contributed by atoms with Crippen molar-refractivity contribution in [2.45, 2.75) is 115 Å². The summed E-state index contributed by atoms with van der Waals surface area (Å²) in [5.74, 6) is -4.19. The van der Waals surface area contributed by atoms with E-state index in [1.54, 1.807) is 71.9 Å². The van der Waals surface area contributed by atoms with Crippen molar-refractivity contribution in [3.8, 4) is 0 Å². The average molecular weight is 721 g/mol. The fourth-order valence-corrected chi connectivity index (χ4v) is 7.11. The van der Waals surface area contributed by atoms with E-state index in [4.69, 9.17) is 13.9 Å². The van der Waals surface area contributed by atoms with Gasteiger partial charge in [-0.05, 0) is 83.6 Å². The Bertz CT molecular complexity index is 1540. The standard InChI is InChI=1S/C22H34O5Si.C16H20O5.Na/c1-19(2,3)27-18(25)22(17(23)24)14-21(22,16-12-10-9-11-13-16)15-26-28(7,8)20(4,5)6;1-14(2,3)21-13(20)16(12(18)19)9-15(16,10-17)11-7-5-4-6-8-11;/h9-13H,14-15H2,1-8H3,(H,23,24);4-8,17H,9-10H2,1-3H3,(H,18,19);/q;;+1/p-1. The molecule has 2 aliphatic carbocycles. The van der Waals surface area contributed by atoms with E-state index in [0.29, 0.717) is 5.56 Å². The summed E-state index contributed by atoms with van der Waals surface area (Å²) < 4.78 is 17.2. The van der Waals surface area contributed by atoms with Crippen molar-refractivity contribution in [2.24, 2.45) is 10.8 Å². The van der Waals surface area contributed by atoms with Crippen LogP contribution in [0.25, 0.3) is 0 Å². The van der Waals surface area contributed by atoms with Gasteiger partial charge in [0, 0.05) is 17.4 Å². The smallest absolute Gasteiger partial charge is 0.549 e. The number of ether oxygens (including phenoxy) is 2. The van der Waals surface area contributed by atoms with Crippen molar-refractivity contribution in [1.29, 1.82) is 0 Å². The van der Waals surface area contributed by atoms with Crippen LogP contribution in [0.5, 0.6) is 0 Å². The zero-order chi connectivity index (χ0) is 37.5. The molecule has 0 bridgehead atoms. The van der Waals surface area contributed by atoms with Gasteiger partial charge in [0.05, 0.1) is 12.6 Å². The van der Waals surface area contributed by atoms with Gasteiger partial charge in [-0.15, -0.1) is 0 Å². The molecule has 4 rings (SSSR count). The normalized spacial score (nSPS) is 25.9. The summed E-state index contributed by atoms with van der Waals surface area (Å²) in [6.45, 7) is 20.7. The number of esters is 2. The molecule has 2 saturated carbocycles. The summed E-state index contributed by atoms with van der Waals surface area (Å²) in [5, 5.41) is 31.5. The molecule has 4 atom stereocenters. The van der Waals surface area contributed by atoms with E-state index in [-0.39, 0.29) is 54.0 Å². The maximum atomic E-state index is 13.0. The van der Waals surface area contributed by atoms with Gasteiger partial charge in [0.2, 0.25) is 0 Å². The number of carboxylic acids is 2. The van der Waals surface area contributed by atoms with Crippen LogP contribution in [0.3, 0.4) is 0 Å². The molecular weight excluding hydrogens is 667 g/mol. The van der Waals surface area contributed by atoms with E-state index in [1.165, 1.54) is 0 Å². The maximum absolute atomic E-state index is 13.0. The molecule has 50 heavy (non-hydrogen) atoms. The molecule has 2 fully saturated rings. The summed E-state index contributed by atoms with van der Waals surface area (Å²) in [4.78, 5) is 49.4. The number of aliphatic hydroxyl groups excluding tert-OH is 1. The van der Waals surface area contributed by atoms with E-state index in [0.717, 1.165) is 5.56 Å². The SMILES string of the molecule is CC(C)(C)OC(=O)C1(C(=O)O)CC1(CO[Si](C)(C)C(C)(C)C)c1ccccc1.CC(C)(C)OC(=O)C1(C(=O)[O-])CC1(CO)c1ccccc1.[Na+]. The fraction of sp³-hybridized carbons (Fsp3) is 0.579. The van der Waals surface area contributed by atoms with Crippen molar-refractivity contribution >= 4 is 32.2 Å². The third kappa shape index (κ3) is 8.23. The van der Waals surface area contributed by atoms with Gasteiger partial charge >= 0.3 is 47.5 Å². The Hall–Kier alpha value is -2.54. The van der Waals surface area contributed by atoms with Crippen molar-refractivity contribution in [3.05, 3.63) is 71.8 Å². The molecule has 2 aliphatic rings. The molecule has 0 saturated heterocycles. The van der Waals surface area contributed by atoms with E-state index < -0.39 is 71.7 Å². The number of hydrogen-bond acceptors (Lipinski definition) is 9. The van der Waals surface area contributed by atoms with Gasteiger partial charge in [0.25, 0.3) is 0 Å². The Morgan fingerprint density at radius 2 is 1.10 bits per heavy atom. The number of rotatable bonds is 10. The van der Waals surface area contributed by atoms with Crippen LogP contribution < -0.4 is 34.7 Å². The van der Waals surface area contributed by atoms with Crippen molar-refractivity contribution in [2.75, 3.05) is 13.2 Å². The minimum absolute atomic E-state index is 0. The number of aliphatic hydroxyl groups is 1. The molecule has 10 nitrogen and oxygen atoms in total. The molecule has 0 aliphatic heterocycles. The molecule has 270 valence electrons. The zero-order valence-corrected chi connectivity index (χ0v) is 34.8. The van der Waals surface area contributed by atoms with E-state index in [9.17, 15) is 34.5 Å². The molecule has 2 aromatic rings. The Balaban J connectivity index is 0.000000353.